The average Bonchev–Trinajstić information content (AvgIpc) is 2.62. The molecule has 17 heavy (non-hydrogen) atoms. The minimum Gasteiger partial charge on any atom is -0.465 e. The van der Waals surface area contributed by atoms with Crippen molar-refractivity contribution in [3.8, 4) is 0 Å². The molecule has 1 rings (SSSR count). The van der Waals surface area contributed by atoms with Gasteiger partial charge in [-0.15, -0.1) is 0 Å². The lowest BCUT2D eigenvalue weighted by Gasteiger charge is -2.26. The van der Waals surface area contributed by atoms with Crippen LogP contribution in [-0.4, -0.2) is 72.3 Å². The van der Waals surface area contributed by atoms with E-state index in [1.54, 1.807) is 5.01 Å². The summed E-state index contributed by atoms with van der Waals surface area (Å²) in [6.07, 6.45) is 2.07. The third-order valence-corrected chi connectivity index (χ3v) is 3.16. The number of hydrogen-bond acceptors (Lipinski definition) is 4. The first-order valence-corrected chi connectivity index (χ1v) is 6.14. The first-order valence-electron chi connectivity index (χ1n) is 6.14. The quantitative estimate of drug-likeness (QED) is 0.656. The molecular weight excluding hydrogens is 220 g/mol. The molecule has 0 aromatic heterocycles. The van der Waals surface area contributed by atoms with Crippen molar-refractivity contribution in [1.29, 1.82) is 0 Å². The van der Waals surface area contributed by atoms with Crippen LogP contribution in [0.5, 0.6) is 0 Å². The summed E-state index contributed by atoms with van der Waals surface area (Å²) in [5.41, 5.74) is 0. The Labute approximate surface area is 103 Å². The second-order valence-electron chi connectivity index (χ2n) is 4.92. The number of amides is 1. The van der Waals surface area contributed by atoms with Crippen LogP contribution in [0.25, 0.3) is 0 Å². The molecule has 1 fully saturated rings. The van der Waals surface area contributed by atoms with Crippen LogP contribution in [-0.2, 0) is 0 Å². The number of rotatable bonds is 6. The number of carboxylic acid groups (broad SMARTS) is 1. The Bertz CT molecular complexity index is 248. The van der Waals surface area contributed by atoms with E-state index in [0.29, 0.717) is 13.1 Å². The van der Waals surface area contributed by atoms with Gasteiger partial charge >= 0.3 is 6.09 Å². The third-order valence-electron chi connectivity index (χ3n) is 3.16. The van der Waals surface area contributed by atoms with E-state index in [1.165, 1.54) is 4.90 Å². The normalized spacial score (nSPS) is 21.1. The molecule has 1 aliphatic heterocycles. The Morgan fingerprint density at radius 2 is 2.18 bits per heavy atom. The molecule has 0 aromatic rings. The van der Waals surface area contributed by atoms with Gasteiger partial charge in [0.1, 0.15) is 0 Å². The molecule has 1 saturated heterocycles. The molecule has 0 radical (unpaired) electrons. The molecule has 1 unspecified atom stereocenters. The van der Waals surface area contributed by atoms with Gasteiger partial charge in [0.15, 0.2) is 0 Å². The van der Waals surface area contributed by atoms with Gasteiger partial charge in [-0.2, -0.15) is 0 Å². The summed E-state index contributed by atoms with van der Waals surface area (Å²) in [7, 11) is 3.98. The van der Waals surface area contributed by atoms with Gasteiger partial charge in [-0.1, -0.05) is 0 Å². The first kappa shape index (κ1) is 14.2. The highest BCUT2D eigenvalue weighted by Gasteiger charge is 2.25. The average molecular weight is 244 g/mol. The maximum atomic E-state index is 11.1. The number of hydrazine groups is 1. The van der Waals surface area contributed by atoms with Gasteiger partial charge in [-0.05, 0) is 39.9 Å². The smallest absolute Gasteiger partial charge is 0.407 e. The van der Waals surface area contributed by atoms with Crippen LogP contribution in [0, 0.1) is 0 Å². The SMILES string of the molecule is CN(C)CCCN(CC1CCCN1N)C(=O)O. The Balaban J connectivity index is 2.35. The lowest BCUT2D eigenvalue weighted by Crippen LogP contribution is -2.46. The predicted octanol–water partition coefficient (Wildman–Crippen LogP) is 0.256. The summed E-state index contributed by atoms with van der Waals surface area (Å²) in [6.45, 7) is 2.88. The predicted molar refractivity (Wildman–Crippen MR) is 66.7 cm³/mol. The second kappa shape index (κ2) is 6.78. The molecule has 6 nitrogen and oxygen atoms in total. The minimum absolute atomic E-state index is 0.186. The zero-order valence-electron chi connectivity index (χ0n) is 10.8. The minimum atomic E-state index is -0.843. The van der Waals surface area contributed by atoms with Crippen molar-refractivity contribution in [3.63, 3.8) is 0 Å². The first-order chi connectivity index (χ1) is 8.00. The van der Waals surface area contributed by atoms with E-state index in [0.717, 1.165) is 32.4 Å². The Kier molecular flexibility index (Phi) is 5.67. The van der Waals surface area contributed by atoms with Gasteiger partial charge < -0.3 is 14.9 Å². The highest BCUT2D eigenvalue weighted by atomic mass is 16.4. The summed E-state index contributed by atoms with van der Waals surface area (Å²) in [6, 6.07) is 0.186. The number of nitrogens with two attached hydrogens (primary N) is 1. The van der Waals surface area contributed by atoms with Crippen LogP contribution in [0.4, 0.5) is 4.79 Å². The van der Waals surface area contributed by atoms with Crippen molar-refractivity contribution in [3.05, 3.63) is 0 Å². The zero-order valence-corrected chi connectivity index (χ0v) is 10.8. The molecule has 1 aliphatic rings. The van der Waals surface area contributed by atoms with Crippen molar-refractivity contribution >= 4 is 6.09 Å². The van der Waals surface area contributed by atoms with Gasteiger partial charge in [-0.3, -0.25) is 5.84 Å². The van der Waals surface area contributed by atoms with Crippen LogP contribution in [0.3, 0.4) is 0 Å². The van der Waals surface area contributed by atoms with Crippen molar-refractivity contribution in [2.24, 2.45) is 5.84 Å². The molecule has 1 atom stereocenters. The van der Waals surface area contributed by atoms with Gasteiger partial charge in [0, 0.05) is 25.7 Å². The Morgan fingerprint density at radius 1 is 1.47 bits per heavy atom. The second-order valence-corrected chi connectivity index (χ2v) is 4.92. The van der Waals surface area contributed by atoms with E-state index in [9.17, 15) is 4.79 Å². The molecule has 0 aliphatic carbocycles. The summed E-state index contributed by atoms with van der Waals surface area (Å²) in [5.74, 6) is 5.81. The number of nitrogens with zero attached hydrogens (tertiary/aromatic N) is 3. The van der Waals surface area contributed by atoms with Crippen molar-refractivity contribution in [2.75, 3.05) is 40.3 Å². The maximum Gasteiger partial charge on any atom is 0.407 e. The number of carbonyl (C=O) groups is 1. The van der Waals surface area contributed by atoms with E-state index < -0.39 is 6.09 Å². The zero-order chi connectivity index (χ0) is 12.8. The summed E-state index contributed by atoms with van der Waals surface area (Å²) >= 11 is 0. The Morgan fingerprint density at radius 3 is 2.65 bits per heavy atom. The summed E-state index contributed by atoms with van der Waals surface area (Å²) in [4.78, 5) is 14.7. The van der Waals surface area contributed by atoms with Crippen LogP contribution < -0.4 is 5.84 Å². The van der Waals surface area contributed by atoms with E-state index in [2.05, 4.69) is 4.90 Å². The fourth-order valence-corrected chi connectivity index (χ4v) is 2.15. The molecular formula is C11H24N4O2. The van der Waals surface area contributed by atoms with Gasteiger partial charge in [0.05, 0.1) is 0 Å². The van der Waals surface area contributed by atoms with Crippen molar-refractivity contribution in [1.82, 2.24) is 14.8 Å². The largest absolute Gasteiger partial charge is 0.465 e. The summed E-state index contributed by atoms with van der Waals surface area (Å²) < 4.78 is 0. The van der Waals surface area contributed by atoms with Crippen LogP contribution in [0.15, 0.2) is 0 Å². The maximum absolute atomic E-state index is 11.1. The van der Waals surface area contributed by atoms with E-state index in [1.807, 2.05) is 14.1 Å². The van der Waals surface area contributed by atoms with Crippen LogP contribution >= 0.6 is 0 Å². The topological polar surface area (TPSA) is 73.0 Å². The molecule has 1 amide bonds. The Hall–Kier alpha value is -0.850. The van der Waals surface area contributed by atoms with Gasteiger partial charge in [0.25, 0.3) is 0 Å². The lowest BCUT2D eigenvalue weighted by atomic mass is 10.2. The number of hydrogen-bond donors (Lipinski definition) is 2. The van der Waals surface area contributed by atoms with E-state index in [-0.39, 0.29) is 6.04 Å². The fraction of sp³-hybridized carbons (Fsp3) is 0.909. The monoisotopic (exact) mass is 244 g/mol. The van der Waals surface area contributed by atoms with Crippen molar-refractivity contribution in [2.45, 2.75) is 25.3 Å². The molecule has 0 saturated carbocycles. The highest BCUT2D eigenvalue weighted by Crippen LogP contribution is 2.14. The lowest BCUT2D eigenvalue weighted by molar-refractivity contribution is 0.123. The molecule has 0 bridgehead atoms. The molecule has 1 heterocycles. The third kappa shape index (κ3) is 4.89. The van der Waals surface area contributed by atoms with Crippen LogP contribution in [0.1, 0.15) is 19.3 Å². The highest BCUT2D eigenvalue weighted by molar-refractivity contribution is 5.64. The summed E-state index contributed by atoms with van der Waals surface area (Å²) in [5, 5.41) is 10.9. The van der Waals surface area contributed by atoms with E-state index >= 15 is 0 Å². The standard InChI is InChI=1S/C11H24N4O2/c1-13(2)6-4-7-14(11(16)17)9-10-5-3-8-15(10)12/h10H,3-9,12H2,1-2H3,(H,16,17). The van der Waals surface area contributed by atoms with Gasteiger partial charge in [-0.25, -0.2) is 9.80 Å². The molecule has 0 spiro atoms. The van der Waals surface area contributed by atoms with Crippen LogP contribution in [0.2, 0.25) is 0 Å². The molecule has 3 N–H and O–H groups in total. The fourth-order valence-electron chi connectivity index (χ4n) is 2.15. The van der Waals surface area contributed by atoms with Crippen molar-refractivity contribution < 1.29 is 9.90 Å². The molecule has 0 aromatic carbocycles. The molecule has 100 valence electrons. The van der Waals surface area contributed by atoms with E-state index in [4.69, 9.17) is 10.9 Å². The molecule has 6 heteroatoms. The van der Waals surface area contributed by atoms with Gasteiger partial charge in [0.2, 0.25) is 0 Å².